The molecule has 33 heavy (non-hydrogen) atoms. The zero-order valence-corrected chi connectivity index (χ0v) is 21.3. The Morgan fingerprint density at radius 1 is 1.12 bits per heavy atom. The van der Waals surface area contributed by atoms with Crippen molar-refractivity contribution in [2.45, 2.75) is 57.0 Å². The van der Waals surface area contributed by atoms with Gasteiger partial charge in [-0.25, -0.2) is 0 Å². The Hall–Kier alpha value is -1.89. The molecule has 0 aliphatic heterocycles. The molecule has 1 unspecified atom stereocenters. The predicted octanol–water partition coefficient (Wildman–Crippen LogP) is 5.71. The van der Waals surface area contributed by atoms with Crippen molar-refractivity contribution >= 4 is 46.8 Å². The average molecular weight is 509 g/mol. The van der Waals surface area contributed by atoms with Crippen molar-refractivity contribution in [1.82, 2.24) is 10.2 Å². The molecule has 1 aliphatic rings. The lowest BCUT2D eigenvalue weighted by molar-refractivity contribution is -0.138. The van der Waals surface area contributed by atoms with Crippen molar-refractivity contribution in [3.63, 3.8) is 0 Å². The Bertz CT molecular complexity index is 966. The number of carbonyl (C=O) groups is 2. The number of rotatable bonds is 10. The molecule has 2 aromatic carbocycles. The molecule has 1 atom stereocenters. The fourth-order valence-electron chi connectivity index (χ4n) is 3.91. The molecule has 1 aliphatic carbocycles. The second-order valence-electron chi connectivity index (χ2n) is 8.28. The van der Waals surface area contributed by atoms with Gasteiger partial charge >= 0.3 is 0 Å². The van der Waals surface area contributed by atoms with Crippen LogP contribution in [0, 0.1) is 0 Å². The molecule has 0 aromatic heterocycles. The molecule has 0 radical (unpaired) electrons. The summed E-state index contributed by atoms with van der Waals surface area (Å²) < 4.78 is 5.32. The van der Waals surface area contributed by atoms with E-state index in [0.29, 0.717) is 22.3 Å². The van der Waals surface area contributed by atoms with Gasteiger partial charge in [-0.3, -0.25) is 9.59 Å². The summed E-state index contributed by atoms with van der Waals surface area (Å²) in [5, 5.41) is 4.13. The minimum absolute atomic E-state index is 0.0862. The van der Waals surface area contributed by atoms with Gasteiger partial charge < -0.3 is 15.0 Å². The first kappa shape index (κ1) is 25.7. The van der Waals surface area contributed by atoms with Crippen LogP contribution in [0.3, 0.4) is 0 Å². The second-order valence-corrected chi connectivity index (χ2v) is 10.1. The SMILES string of the molecule is COc1cccc(CN(C(=O)CSCc2ccc(Cl)c(Cl)c2)C(C)C(=O)NC2CCCC2)c1. The summed E-state index contributed by atoms with van der Waals surface area (Å²) in [6.45, 7) is 2.13. The highest BCUT2D eigenvalue weighted by Crippen LogP contribution is 2.25. The molecule has 1 saturated carbocycles. The van der Waals surface area contributed by atoms with E-state index in [2.05, 4.69) is 5.32 Å². The number of hydrogen-bond donors (Lipinski definition) is 1. The van der Waals surface area contributed by atoms with E-state index >= 15 is 0 Å². The van der Waals surface area contributed by atoms with Crippen molar-refractivity contribution in [1.29, 1.82) is 0 Å². The number of benzene rings is 2. The minimum atomic E-state index is -0.574. The summed E-state index contributed by atoms with van der Waals surface area (Å²) in [6, 6.07) is 12.7. The largest absolute Gasteiger partial charge is 0.497 e. The summed E-state index contributed by atoms with van der Waals surface area (Å²) >= 11 is 13.6. The van der Waals surface area contributed by atoms with Crippen LogP contribution in [-0.4, -0.2) is 41.7 Å². The normalized spacial score (nSPS) is 14.7. The number of carbonyl (C=O) groups excluding carboxylic acids is 2. The quantitative estimate of drug-likeness (QED) is 0.446. The molecule has 2 aromatic rings. The number of hydrogen-bond acceptors (Lipinski definition) is 4. The fourth-order valence-corrected chi connectivity index (χ4v) is 5.09. The number of methoxy groups -OCH3 is 1. The molecule has 0 spiro atoms. The van der Waals surface area contributed by atoms with Crippen molar-refractivity contribution in [2.24, 2.45) is 0 Å². The lowest BCUT2D eigenvalue weighted by atomic mass is 10.1. The van der Waals surface area contributed by atoms with E-state index < -0.39 is 6.04 Å². The van der Waals surface area contributed by atoms with E-state index in [0.717, 1.165) is 42.6 Å². The first-order valence-corrected chi connectivity index (χ1v) is 13.0. The van der Waals surface area contributed by atoms with Crippen molar-refractivity contribution in [2.75, 3.05) is 12.9 Å². The van der Waals surface area contributed by atoms with Gasteiger partial charge in [0, 0.05) is 18.3 Å². The van der Waals surface area contributed by atoms with Crippen LogP contribution in [-0.2, 0) is 21.9 Å². The van der Waals surface area contributed by atoms with Crippen LogP contribution in [0.15, 0.2) is 42.5 Å². The number of nitrogens with one attached hydrogen (secondary N) is 1. The van der Waals surface area contributed by atoms with Crippen LogP contribution < -0.4 is 10.1 Å². The van der Waals surface area contributed by atoms with Gasteiger partial charge in [0.25, 0.3) is 0 Å². The monoisotopic (exact) mass is 508 g/mol. The van der Waals surface area contributed by atoms with E-state index in [1.807, 2.05) is 36.4 Å². The van der Waals surface area contributed by atoms with Crippen LogP contribution in [0.1, 0.15) is 43.7 Å². The number of nitrogens with zero attached hydrogens (tertiary/aromatic N) is 1. The second kappa shape index (κ2) is 12.5. The summed E-state index contributed by atoms with van der Waals surface area (Å²) in [4.78, 5) is 27.9. The molecule has 1 N–H and O–H groups in total. The smallest absolute Gasteiger partial charge is 0.242 e. The van der Waals surface area contributed by atoms with E-state index in [1.54, 1.807) is 25.0 Å². The van der Waals surface area contributed by atoms with Gasteiger partial charge in [0.15, 0.2) is 0 Å². The zero-order valence-electron chi connectivity index (χ0n) is 19.0. The van der Waals surface area contributed by atoms with Gasteiger partial charge in [0.05, 0.1) is 22.9 Å². The van der Waals surface area contributed by atoms with Crippen LogP contribution in [0.25, 0.3) is 0 Å². The number of amides is 2. The van der Waals surface area contributed by atoms with Crippen molar-refractivity contribution < 1.29 is 14.3 Å². The Kier molecular flexibility index (Phi) is 9.78. The first-order valence-electron chi connectivity index (χ1n) is 11.1. The number of thioether (sulfide) groups is 1. The summed E-state index contributed by atoms with van der Waals surface area (Å²) in [5.74, 6) is 1.41. The van der Waals surface area contributed by atoms with Crippen LogP contribution >= 0.6 is 35.0 Å². The molecule has 1 fully saturated rings. The minimum Gasteiger partial charge on any atom is -0.497 e. The Balaban J connectivity index is 1.67. The summed E-state index contributed by atoms with van der Waals surface area (Å²) in [7, 11) is 1.61. The summed E-state index contributed by atoms with van der Waals surface area (Å²) in [6.07, 6.45) is 4.28. The summed E-state index contributed by atoms with van der Waals surface area (Å²) in [5.41, 5.74) is 1.91. The molecule has 178 valence electrons. The first-order chi connectivity index (χ1) is 15.9. The molecule has 8 heteroatoms. The van der Waals surface area contributed by atoms with Gasteiger partial charge in [0.1, 0.15) is 11.8 Å². The highest BCUT2D eigenvalue weighted by atomic mass is 35.5. The predicted molar refractivity (Wildman–Crippen MR) is 136 cm³/mol. The van der Waals surface area contributed by atoms with Gasteiger partial charge in [-0.2, -0.15) is 0 Å². The number of ether oxygens (including phenoxy) is 1. The van der Waals surface area contributed by atoms with Crippen molar-refractivity contribution in [3.8, 4) is 5.75 Å². The lowest BCUT2D eigenvalue weighted by Crippen LogP contribution is -2.50. The third-order valence-electron chi connectivity index (χ3n) is 5.83. The fraction of sp³-hybridized carbons (Fsp3) is 0.440. The highest BCUT2D eigenvalue weighted by Gasteiger charge is 2.28. The Morgan fingerprint density at radius 2 is 1.88 bits per heavy atom. The van der Waals surface area contributed by atoms with Crippen LogP contribution in [0.4, 0.5) is 0 Å². The van der Waals surface area contributed by atoms with E-state index in [1.165, 1.54) is 11.8 Å². The molecule has 0 bridgehead atoms. The zero-order chi connectivity index (χ0) is 23.8. The molecule has 3 rings (SSSR count). The van der Waals surface area contributed by atoms with E-state index in [4.69, 9.17) is 27.9 Å². The van der Waals surface area contributed by atoms with Crippen LogP contribution in [0.5, 0.6) is 5.75 Å². The van der Waals surface area contributed by atoms with Gasteiger partial charge in [-0.05, 0) is 55.2 Å². The third-order valence-corrected chi connectivity index (χ3v) is 7.56. The lowest BCUT2D eigenvalue weighted by Gasteiger charge is -2.30. The standard InChI is InChI=1S/C25H30Cl2N2O3S/c1-17(25(31)28-20-7-3-4-8-20)29(14-18-6-5-9-21(12-18)32-2)24(30)16-33-15-19-10-11-22(26)23(27)13-19/h5-6,9-13,17,20H,3-4,7-8,14-16H2,1-2H3,(H,28,31). The Labute approximate surface area is 210 Å². The van der Waals surface area contributed by atoms with E-state index in [9.17, 15) is 9.59 Å². The molecule has 2 amide bonds. The maximum absolute atomic E-state index is 13.2. The highest BCUT2D eigenvalue weighted by molar-refractivity contribution is 7.99. The molecule has 0 saturated heterocycles. The van der Waals surface area contributed by atoms with Gasteiger partial charge in [-0.1, -0.05) is 54.2 Å². The average Bonchev–Trinajstić information content (AvgIpc) is 3.32. The van der Waals surface area contributed by atoms with Gasteiger partial charge in [0.2, 0.25) is 11.8 Å². The van der Waals surface area contributed by atoms with Gasteiger partial charge in [-0.15, -0.1) is 11.8 Å². The molecule has 5 nitrogen and oxygen atoms in total. The maximum Gasteiger partial charge on any atom is 0.242 e. The topological polar surface area (TPSA) is 58.6 Å². The number of halogens is 2. The molecule has 0 heterocycles. The third kappa shape index (κ3) is 7.56. The molecular weight excluding hydrogens is 479 g/mol. The van der Waals surface area contributed by atoms with Crippen LogP contribution in [0.2, 0.25) is 10.0 Å². The van der Waals surface area contributed by atoms with E-state index in [-0.39, 0.29) is 23.6 Å². The molecular formula is C25H30Cl2N2O3S. The van der Waals surface area contributed by atoms with Crippen molar-refractivity contribution in [3.05, 3.63) is 63.6 Å². The maximum atomic E-state index is 13.2. The Morgan fingerprint density at radius 3 is 2.58 bits per heavy atom.